The molecular formula is C15H18N2OS. The number of thiazole rings is 1. The van der Waals surface area contributed by atoms with E-state index >= 15 is 0 Å². The van der Waals surface area contributed by atoms with Gasteiger partial charge in [-0.25, -0.2) is 4.98 Å². The predicted molar refractivity (Wildman–Crippen MR) is 77.5 cm³/mol. The average Bonchev–Trinajstić information content (AvgIpc) is 2.93. The van der Waals surface area contributed by atoms with E-state index in [0.717, 1.165) is 40.6 Å². The molecule has 2 aromatic heterocycles. The minimum atomic E-state index is 0.281. The molecular weight excluding hydrogens is 256 g/mol. The van der Waals surface area contributed by atoms with Crippen LogP contribution in [0.25, 0.3) is 5.13 Å². The van der Waals surface area contributed by atoms with Crippen LogP contribution in [-0.2, 0) is 6.42 Å². The van der Waals surface area contributed by atoms with E-state index in [9.17, 15) is 4.79 Å². The second-order valence-corrected chi connectivity index (χ2v) is 6.30. The molecule has 0 aromatic carbocycles. The molecule has 0 N–H and O–H groups in total. The van der Waals surface area contributed by atoms with Gasteiger partial charge in [0.25, 0.3) is 0 Å². The highest BCUT2D eigenvalue weighted by Crippen LogP contribution is 2.30. The van der Waals surface area contributed by atoms with Crippen molar-refractivity contribution in [3.05, 3.63) is 34.1 Å². The van der Waals surface area contributed by atoms with Gasteiger partial charge in [0.05, 0.1) is 5.69 Å². The first-order valence-electron chi connectivity index (χ1n) is 6.78. The van der Waals surface area contributed by atoms with Crippen molar-refractivity contribution in [2.24, 2.45) is 0 Å². The molecule has 3 nitrogen and oxygen atoms in total. The molecule has 1 aliphatic carbocycles. The number of carbonyl (C=O) groups excluding carboxylic acids is 1. The average molecular weight is 274 g/mol. The van der Waals surface area contributed by atoms with Crippen LogP contribution in [0.3, 0.4) is 0 Å². The summed E-state index contributed by atoms with van der Waals surface area (Å²) in [6.45, 7) is 6.36. The van der Waals surface area contributed by atoms with Crippen molar-refractivity contribution in [3.63, 3.8) is 0 Å². The third kappa shape index (κ3) is 2.04. The molecule has 0 amide bonds. The van der Waals surface area contributed by atoms with E-state index in [1.807, 2.05) is 6.07 Å². The molecule has 0 spiro atoms. The quantitative estimate of drug-likeness (QED) is 0.833. The number of fused-ring (bicyclic) bond motifs is 1. The maximum absolute atomic E-state index is 12.0. The van der Waals surface area contributed by atoms with Crippen LogP contribution >= 0.6 is 11.3 Å². The van der Waals surface area contributed by atoms with Crippen LogP contribution in [-0.4, -0.2) is 15.3 Å². The zero-order valence-electron chi connectivity index (χ0n) is 11.6. The second-order valence-electron chi connectivity index (χ2n) is 5.47. The third-order valence-electron chi connectivity index (χ3n) is 3.70. The van der Waals surface area contributed by atoms with E-state index in [4.69, 9.17) is 4.98 Å². The summed E-state index contributed by atoms with van der Waals surface area (Å²) in [5.74, 6) is 0.724. The van der Waals surface area contributed by atoms with Crippen molar-refractivity contribution in [1.82, 2.24) is 9.55 Å². The minimum Gasteiger partial charge on any atom is -0.294 e. The summed E-state index contributed by atoms with van der Waals surface area (Å²) in [6, 6.07) is 2.02. The molecule has 0 fully saturated rings. The van der Waals surface area contributed by atoms with E-state index < -0.39 is 0 Å². The molecule has 0 saturated heterocycles. The first-order valence-corrected chi connectivity index (χ1v) is 7.66. The van der Waals surface area contributed by atoms with Gasteiger partial charge in [0.2, 0.25) is 0 Å². The van der Waals surface area contributed by atoms with Crippen LogP contribution in [0.5, 0.6) is 0 Å². The summed E-state index contributed by atoms with van der Waals surface area (Å²) in [6.07, 6.45) is 2.62. The molecule has 100 valence electrons. The summed E-state index contributed by atoms with van der Waals surface area (Å²) in [7, 11) is 0. The van der Waals surface area contributed by atoms with Crippen LogP contribution < -0.4 is 0 Å². The van der Waals surface area contributed by atoms with Crippen molar-refractivity contribution in [2.75, 3.05) is 0 Å². The van der Waals surface area contributed by atoms with Gasteiger partial charge in [0.15, 0.2) is 10.9 Å². The molecule has 19 heavy (non-hydrogen) atoms. The Kier molecular flexibility index (Phi) is 3.05. The fourth-order valence-electron chi connectivity index (χ4n) is 2.64. The van der Waals surface area contributed by atoms with Crippen molar-refractivity contribution >= 4 is 17.1 Å². The fourth-order valence-corrected chi connectivity index (χ4v) is 3.71. The first kappa shape index (κ1) is 12.6. The first-order chi connectivity index (χ1) is 9.08. The van der Waals surface area contributed by atoms with Gasteiger partial charge >= 0.3 is 0 Å². The number of hydrogen-bond donors (Lipinski definition) is 0. The van der Waals surface area contributed by atoms with Gasteiger partial charge in [-0.1, -0.05) is 13.8 Å². The highest BCUT2D eigenvalue weighted by molar-refractivity contribution is 7.12. The lowest BCUT2D eigenvalue weighted by atomic mass is 9.97. The van der Waals surface area contributed by atoms with Crippen LogP contribution in [0.1, 0.15) is 60.0 Å². The standard InChI is InChI=1S/C15H18N2OS/c1-9(2)12-8-19-15(16-12)17-10(3)7-11-13(17)5-4-6-14(11)18/h7-9H,4-6H2,1-3H3. The molecule has 0 bridgehead atoms. The SMILES string of the molecule is Cc1cc2c(n1-c1nc(C(C)C)cs1)CCCC2=O. The maximum atomic E-state index is 12.0. The maximum Gasteiger partial charge on any atom is 0.194 e. The van der Waals surface area contributed by atoms with Gasteiger partial charge in [-0.05, 0) is 31.7 Å². The van der Waals surface area contributed by atoms with Crippen molar-refractivity contribution in [2.45, 2.75) is 46.0 Å². The van der Waals surface area contributed by atoms with Gasteiger partial charge in [0, 0.05) is 28.8 Å². The lowest BCUT2D eigenvalue weighted by Crippen LogP contribution is -2.12. The van der Waals surface area contributed by atoms with Gasteiger partial charge < -0.3 is 0 Å². The number of carbonyl (C=O) groups is 1. The lowest BCUT2D eigenvalue weighted by molar-refractivity contribution is 0.0972. The number of aromatic nitrogens is 2. The largest absolute Gasteiger partial charge is 0.294 e. The van der Waals surface area contributed by atoms with Crippen molar-refractivity contribution in [1.29, 1.82) is 0 Å². The van der Waals surface area contributed by atoms with Gasteiger partial charge in [-0.3, -0.25) is 9.36 Å². The molecule has 3 rings (SSSR count). The Morgan fingerprint density at radius 2 is 2.16 bits per heavy atom. The number of nitrogens with zero attached hydrogens (tertiary/aromatic N) is 2. The number of ketones is 1. The summed E-state index contributed by atoms with van der Waals surface area (Å²) < 4.78 is 2.17. The monoisotopic (exact) mass is 274 g/mol. The topological polar surface area (TPSA) is 34.9 Å². The highest BCUT2D eigenvalue weighted by Gasteiger charge is 2.24. The van der Waals surface area contributed by atoms with E-state index in [1.54, 1.807) is 11.3 Å². The van der Waals surface area contributed by atoms with E-state index in [2.05, 4.69) is 30.7 Å². The molecule has 2 heterocycles. The fraction of sp³-hybridized carbons (Fsp3) is 0.467. The van der Waals surface area contributed by atoms with Crippen molar-refractivity contribution < 1.29 is 4.79 Å². The Morgan fingerprint density at radius 3 is 2.84 bits per heavy atom. The summed E-state index contributed by atoms with van der Waals surface area (Å²) in [5.41, 5.74) is 4.30. The number of hydrogen-bond acceptors (Lipinski definition) is 3. The zero-order chi connectivity index (χ0) is 13.6. The van der Waals surface area contributed by atoms with Crippen LogP contribution in [0.4, 0.5) is 0 Å². The van der Waals surface area contributed by atoms with Crippen LogP contribution in [0, 0.1) is 6.92 Å². The predicted octanol–water partition coefficient (Wildman–Crippen LogP) is 3.88. The number of rotatable bonds is 2. The normalized spacial score (nSPS) is 15.1. The van der Waals surface area contributed by atoms with E-state index in [0.29, 0.717) is 12.3 Å². The van der Waals surface area contributed by atoms with E-state index in [1.165, 1.54) is 0 Å². The van der Waals surface area contributed by atoms with Gasteiger partial charge in [0.1, 0.15) is 0 Å². The molecule has 0 atom stereocenters. The highest BCUT2D eigenvalue weighted by atomic mass is 32.1. The Bertz CT molecular complexity index is 637. The molecule has 4 heteroatoms. The van der Waals surface area contributed by atoms with Gasteiger partial charge in [-0.2, -0.15) is 0 Å². The zero-order valence-corrected chi connectivity index (χ0v) is 12.4. The Morgan fingerprint density at radius 1 is 1.37 bits per heavy atom. The minimum absolute atomic E-state index is 0.281. The van der Waals surface area contributed by atoms with Crippen LogP contribution in [0.2, 0.25) is 0 Å². The molecule has 0 saturated carbocycles. The third-order valence-corrected chi connectivity index (χ3v) is 4.54. The molecule has 2 aromatic rings. The van der Waals surface area contributed by atoms with Crippen molar-refractivity contribution in [3.8, 4) is 5.13 Å². The number of Topliss-reactive ketones (excluding diaryl/α,β-unsaturated/α-hetero) is 1. The molecule has 0 radical (unpaired) electrons. The van der Waals surface area contributed by atoms with Gasteiger partial charge in [-0.15, -0.1) is 11.3 Å². The summed E-state index contributed by atoms with van der Waals surface area (Å²) in [4.78, 5) is 16.7. The summed E-state index contributed by atoms with van der Waals surface area (Å²) >= 11 is 1.66. The Labute approximate surface area is 117 Å². The summed E-state index contributed by atoms with van der Waals surface area (Å²) in [5, 5.41) is 3.12. The molecule has 0 aliphatic heterocycles. The Hall–Kier alpha value is -1.42. The number of aryl methyl sites for hydroxylation is 1. The molecule has 1 aliphatic rings. The lowest BCUT2D eigenvalue weighted by Gasteiger charge is -2.13. The van der Waals surface area contributed by atoms with E-state index in [-0.39, 0.29) is 5.78 Å². The Balaban J connectivity index is 2.12. The van der Waals surface area contributed by atoms with Crippen LogP contribution in [0.15, 0.2) is 11.4 Å². The smallest absolute Gasteiger partial charge is 0.194 e. The second kappa shape index (κ2) is 4.60. The molecule has 0 unspecified atom stereocenters.